The third-order valence-corrected chi connectivity index (χ3v) is 3.59. The molecule has 2 rings (SSSR count). The van der Waals surface area contributed by atoms with Crippen LogP contribution in [0.2, 0.25) is 0 Å². The number of rotatable bonds is 4. The second-order valence-corrected chi connectivity index (χ2v) is 5.18. The number of halogens is 1. The number of aliphatic hydroxyl groups is 1. The van der Waals surface area contributed by atoms with E-state index in [1.165, 1.54) is 22.5 Å². The van der Waals surface area contributed by atoms with Crippen LogP contribution in [0.3, 0.4) is 0 Å². The van der Waals surface area contributed by atoms with Crippen molar-refractivity contribution in [3.05, 3.63) is 32.6 Å². The minimum Gasteiger partial charge on any atom is -0.394 e. The van der Waals surface area contributed by atoms with Gasteiger partial charge in [0.05, 0.1) is 6.61 Å². The predicted octanol–water partition coefficient (Wildman–Crippen LogP) is 0.0175. The molecule has 0 bridgehead atoms. The Balaban J connectivity index is 2.33. The molecule has 1 unspecified atom stereocenters. The molecule has 106 valence electrons. The highest BCUT2D eigenvalue weighted by molar-refractivity contribution is 7.97. The number of hydrogen-bond acceptors (Lipinski definition) is 5. The van der Waals surface area contributed by atoms with E-state index in [9.17, 15) is 14.0 Å². The smallest absolute Gasteiger partial charge is 0.330 e. The lowest BCUT2D eigenvalue weighted by atomic mass is 10.2. The molecule has 0 aliphatic carbocycles. The van der Waals surface area contributed by atoms with Gasteiger partial charge < -0.3 is 9.84 Å². The molecule has 1 aliphatic heterocycles. The molecule has 3 atom stereocenters. The van der Waals surface area contributed by atoms with Gasteiger partial charge in [-0.3, -0.25) is 14.3 Å². The van der Waals surface area contributed by atoms with E-state index in [0.717, 1.165) is 0 Å². The number of aromatic nitrogens is 2. The molecular formula is C11H15FN2O4S. The Morgan fingerprint density at radius 3 is 2.95 bits per heavy atom. The van der Waals surface area contributed by atoms with Crippen LogP contribution >= 0.6 is 11.8 Å². The average molecular weight is 290 g/mol. The molecule has 1 aliphatic rings. The van der Waals surface area contributed by atoms with Gasteiger partial charge in [0.25, 0.3) is 5.56 Å². The number of nitrogens with zero attached hydrogens (tertiary/aromatic N) is 1. The fourth-order valence-electron chi connectivity index (χ4n) is 2.02. The first-order valence-electron chi connectivity index (χ1n) is 5.80. The monoisotopic (exact) mass is 290 g/mol. The van der Waals surface area contributed by atoms with Crippen LogP contribution in [-0.4, -0.2) is 39.8 Å². The maximum atomic E-state index is 13.5. The minimum absolute atomic E-state index is 0.0180. The molecule has 1 aromatic rings. The SMILES string of the molecule is CSCc1cn([C@@H]2CC(F)[C@H](CO)O2)c(=O)[nH]c1=O. The summed E-state index contributed by atoms with van der Waals surface area (Å²) in [5, 5.41) is 8.94. The van der Waals surface area contributed by atoms with Gasteiger partial charge in [0, 0.05) is 23.9 Å². The van der Waals surface area contributed by atoms with Crippen LogP contribution < -0.4 is 11.2 Å². The van der Waals surface area contributed by atoms with E-state index in [2.05, 4.69) is 4.98 Å². The summed E-state index contributed by atoms with van der Waals surface area (Å²) in [5.74, 6) is 0.449. The maximum absolute atomic E-state index is 13.5. The van der Waals surface area contributed by atoms with Crippen molar-refractivity contribution >= 4 is 11.8 Å². The van der Waals surface area contributed by atoms with Crippen molar-refractivity contribution in [1.29, 1.82) is 0 Å². The molecule has 2 N–H and O–H groups in total. The third-order valence-electron chi connectivity index (χ3n) is 2.99. The predicted molar refractivity (Wildman–Crippen MR) is 69.1 cm³/mol. The zero-order chi connectivity index (χ0) is 14.0. The van der Waals surface area contributed by atoms with Gasteiger partial charge in [-0.25, -0.2) is 9.18 Å². The molecule has 6 nitrogen and oxygen atoms in total. The zero-order valence-electron chi connectivity index (χ0n) is 10.3. The fraction of sp³-hybridized carbons (Fsp3) is 0.636. The van der Waals surface area contributed by atoms with Gasteiger partial charge in [-0.15, -0.1) is 0 Å². The molecule has 0 radical (unpaired) electrons. The molecule has 1 fully saturated rings. The second kappa shape index (κ2) is 5.89. The van der Waals surface area contributed by atoms with E-state index in [1.807, 2.05) is 6.26 Å². The molecule has 1 saturated heterocycles. The first-order chi connectivity index (χ1) is 9.06. The minimum atomic E-state index is -1.32. The fourth-order valence-corrected chi connectivity index (χ4v) is 2.54. The molecule has 0 aromatic carbocycles. The van der Waals surface area contributed by atoms with Crippen molar-refractivity contribution in [2.75, 3.05) is 12.9 Å². The second-order valence-electron chi connectivity index (χ2n) is 4.32. The first kappa shape index (κ1) is 14.3. The number of alkyl halides is 1. The van der Waals surface area contributed by atoms with Crippen molar-refractivity contribution in [2.24, 2.45) is 0 Å². The summed E-state index contributed by atoms with van der Waals surface area (Å²) in [5.41, 5.74) is -0.645. The lowest BCUT2D eigenvalue weighted by Gasteiger charge is -2.15. The Bertz CT molecular complexity index is 558. The molecule has 19 heavy (non-hydrogen) atoms. The highest BCUT2D eigenvalue weighted by Gasteiger charge is 2.36. The Kier molecular flexibility index (Phi) is 4.43. The summed E-state index contributed by atoms with van der Waals surface area (Å²) in [6.45, 7) is -0.437. The third kappa shape index (κ3) is 2.90. The lowest BCUT2D eigenvalue weighted by Crippen LogP contribution is -2.34. The van der Waals surface area contributed by atoms with Crippen LogP contribution in [0.5, 0.6) is 0 Å². The number of aliphatic hydroxyl groups excluding tert-OH is 1. The molecule has 8 heteroatoms. The normalized spacial score (nSPS) is 26.8. The molecule has 0 saturated carbocycles. The summed E-state index contributed by atoms with van der Waals surface area (Å²) < 4.78 is 20.0. The highest BCUT2D eigenvalue weighted by Crippen LogP contribution is 2.29. The molecule has 1 aromatic heterocycles. The number of nitrogens with one attached hydrogen (secondary N) is 1. The summed E-state index contributed by atoms with van der Waals surface area (Å²) in [6, 6.07) is 0. The highest BCUT2D eigenvalue weighted by atomic mass is 32.2. The van der Waals surface area contributed by atoms with E-state index in [4.69, 9.17) is 9.84 Å². The van der Waals surface area contributed by atoms with Gasteiger partial charge in [-0.05, 0) is 6.26 Å². The van der Waals surface area contributed by atoms with Crippen LogP contribution in [0, 0.1) is 0 Å². The number of thioether (sulfide) groups is 1. The number of ether oxygens (including phenoxy) is 1. The number of aromatic amines is 1. The van der Waals surface area contributed by atoms with Crippen LogP contribution in [0.4, 0.5) is 4.39 Å². The Hall–Kier alpha value is -1.12. The Morgan fingerprint density at radius 1 is 1.63 bits per heavy atom. The average Bonchev–Trinajstić information content (AvgIpc) is 2.74. The summed E-state index contributed by atoms with van der Waals surface area (Å²) >= 11 is 1.44. The van der Waals surface area contributed by atoms with Crippen LogP contribution in [0.15, 0.2) is 15.8 Å². The van der Waals surface area contributed by atoms with Gasteiger partial charge in [0.2, 0.25) is 0 Å². The van der Waals surface area contributed by atoms with E-state index in [0.29, 0.717) is 11.3 Å². The zero-order valence-corrected chi connectivity index (χ0v) is 11.2. The Labute approximate surface area is 112 Å². The summed E-state index contributed by atoms with van der Waals surface area (Å²) in [7, 11) is 0. The molecule has 0 amide bonds. The van der Waals surface area contributed by atoms with E-state index in [-0.39, 0.29) is 6.42 Å². The maximum Gasteiger partial charge on any atom is 0.330 e. The standard InChI is InChI=1S/C11H15FN2O4S/c1-19-5-6-3-14(11(17)13-10(6)16)9-2-7(12)8(4-15)18-9/h3,7-9,15H,2,4-5H2,1H3,(H,13,16,17)/t7?,8-,9-/m0/s1. The quantitative estimate of drug-likeness (QED) is 0.816. The number of hydrogen-bond donors (Lipinski definition) is 2. The van der Waals surface area contributed by atoms with Gasteiger partial charge >= 0.3 is 5.69 Å². The van der Waals surface area contributed by atoms with Gasteiger partial charge in [0.1, 0.15) is 18.5 Å². The molecule has 0 spiro atoms. The number of H-pyrrole nitrogens is 1. The van der Waals surface area contributed by atoms with Gasteiger partial charge in [-0.1, -0.05) is 0 Å². The summed E-state index contributed by atoms with van der Waals surface area (Å²) in [6.07, 6.45) is 0.174. The lowest BCUT2D eigenvalue weighted by molar-refractivity contribution is -0.0356. The van der Waals surface area contributed by atoms with Crippen molar-refractivity contribution in [2.45, 2.75) is 30.7 Å². The van der Waals surface area contributed by atoms with Crippen LogP contribution in [0.25, 0.3) is 0 Å². The van der Waals surface area contributed by atoms with Crippen molar-refractivity contribution in [3.63, 3.8) is 0 Å². The first-order valence-corrected chi connectivity index (χ1v) is 7.20. The van der Waals surface area contributed by atoms with Crippen molar-refractivity contribution < 1.29 is 14.2 Å². The van der Waals surface area contributed by atoms with Crippen molar-refractivity contribution in [3.8, 4) is 0 Å². The van der Waals surface area contributed by atoms with E-state index >= 15 is 0 Å². The topological polar surface area (TPSA) is 84.3 Å². The Morgan fingerprint density at radius 2 is 2.37 bits per heavy atom. The van der Waals surface area contributed by atoms with E-state index in [1.54, 1.807) is 0 Å². The van der Waals surface area contributed by atoms with Gasteiger partial charge in [-0.2, -0.15) is 11.8 Å². The van der Waals surface area contributed by atoms with Crippen LogP contribution in [-0.2, 0) is 10.5 Å². The largest absolute Gasteiger partial charge is 0.394 e. The van der Waals surface area contributed by atoms with Gasteiger partial charge in [0.15, 0.2) is 0 Å². The van der Waals surface area contributed by atoms with Crippen LogP contribution in [0.1, 0.15) is 18.2 Å². The van der Waals surface area contributed by atoms with Crippen molar-refractivity contribution in [1.82, 2.24) is 9.55 Å². The molecular weight excluding hydrogens is 275 g/mol. The summed E-state index contributed by atoms with van der Waals surface area (Å²) in [4.78, 5) is 25.5. The molecule has 2 heterocycles. The van der Waals surface area contributed by atoms with E-state index < -0.39 is 36.4 Å².